The van der Waals surface area contributed by atoms with Crippen molar-refractivity contribution in [1.82, 2.24) is 14.7 Å². The molecule has 4 rings (SSSR count). The Hall–Kier alpha value is -2.59. The molecule has 0 bridgehead atoms. The summed E-state index contributed by atoms with van der Waals surface area (Å²) in [5.41, 5.74) is 0.0940. The number of ether oxygens (including phenoxy) is 1. The number of carbonyl (C=O) groups excluding carboxylic acids is 2. The Balaban J connectivity index is 1.36. The summed E-state index contributed by atoms with van der Waals surface area (Å²) >= 11 is 0. The Morgan fingerprint density at radius 3 is 2.21 bits per heavy atom. The van der Waals surface area contributed by atoms with Crippen molar-refractivity contribution in [1.29, 1.82) is 0 Å². The topological polar surface area (TPSA) is 57.5 Å². The average molecular weight is 467 g/mol. The van der Waals surface area contributed by atoms with E-state index >= 15 is 0 Å². The maximum atomic E-state index is 13.1. The predicted octanol–water partition coefficient (Wildman–Crippen LogP) is 4.54. The van der Waals surface area contributed by atoms with Crippen molar-refractivity contribution in [2.75, 3.05) is 26.2 Å². The molecule has 1 aliphatic carbocycles. The van der Waals surface area contributed by atoms with E-state index in [2.05, 4.69) is 26.8 Å². The maximum Gasteiger partial charge on any atom is 0.410 e. The third-order valence-corrected chi connectivity index (χ3v) is 7.32. The molecule has 3 aliphatic rings. The summed E-state index contributed by atoms with van der Waals surface area (Å²) < 4.78 is 5.52. The lowest BCUT2D eigenvalue weighted by molar-refractivity contribution is -0.137. The monoisotopic (exact) mass is 466 g/mol. The number of piperidine rings is 2. The van der Waals surface area contributed by atoms with Gasteiger partial charge in [0.25, 0.3) is 5.66 Å². The predicted molar refractivity (Wildman–Crippen MR) is 131 cm³/mol. The second-order valence-electron chi connectivity index (χ2n) is 11.0. The fourth-order valence-electron chi connectivity index (χ4n) is 5.20. The van der Waals surface area contributed by atoms with Crippen molar-refractivity contribution in [3.8, 4) is 0 Å². The van der Waals surface area contributed by atoms with Crippen LogP contribution in [-0.4, -0.2) is 70.2 Å². The van der Waals surface area contributed by atoms with Crippen molar-refractivity contribution in [3.05, 3.63) is 47.3 Å². The quantitative estimate of drug-likeness (QED) is 0.598. The Morgan fingerprint density at radius 1 is 1.06 bits per heavy atom. The van der Waals surface area contributed by atoms with Gasteiger partial charge in [0, 0.05) is 44.7 Å². The van der Waals surface area contributed by atoms with Crippen LogP contribution >= 0.6 is 0 Å². The van der Waals surface area contributed by atoms with E-state index in [4.69, 9.17) is 11.3 Å². The molecule has 34 heavy (non-hydrogen) atoms. The van der Waals surface area contributed by atoms with E-state index in [1.54, 1.807) is 4.90 Å². The minimum atomic E-state index is -0.561. The van der Waals surface area contributed by atoms with Gasteiger partial charge in [-0.1, -0.05) is 30.3 Å². The molecule has 1 saturated carbocycles. The van der Waals surface area contributed by atoms with E-state index in [0.29, 0.717) is 38.4 Å². The molecule has 2 aliphatic heterocycles. The first kappa shape index (κ1) is 24.5. The lowest BCUT2D eigenvalue weighted by Gasteiger charge is -2.45. The zero-order chi connectivity index (χ0) is 24.3. The number of likely N-dealkylation sites (tertiary alicyclic amines) is 2. The number of hydrogen-bond acceptors (Lipinski definition) is 4. The van der Waals surface area contributed by atoms with Crippen molar-refractivity contribution in [3.63, 3.8) is 0 Å². The minimum Gasteiger partial charge on any atom is -0.444 e. The number of nitrogens with zero attached hydrogens (tertiary/aromatic N) is 4. The summed E-state index contributed by atoms with van der Waals surface area (Å²) in [6.07, 6.45) is 4.77. The molecule has 0 aromatic heterocycles. The molecule has 2 saturated heterocycles. The molecule has 2 heterocycles. The third kappa shape index (κ3) is 5.72. The number of carbonyl (C=O) groups is 2. The Kier molecular flexibility index (Phi) is 7.18. The van der Waals surface area contributed by atoms with Crippen LogP contribution in [0.4, 0.5) is 4.79 Å². The normalized spacial score (nSPS) is 21.5. The van der Waals surface area contributed by atoms with Crippen LogP contribution in [0.2, 0.25) is 0 Å². The van der Waals surface area contributed by atoms with Gasteiger partial charge >= 0.3 is 6.09 Å². The van der Waals surface area contributed by atoms with Crippen molar-refractivity contribution in [2.45, 2.75) is 83.1 Å². The summed E-state index contributed by atoms with van der Waals surface area (Å²) in [6, 6.07) is 10.5. The highest BCUT2D eigenvalue weighted by Crippen LogP contribution is 2.37. The molecule has 0 N–H and O–H groups in total. The van der Waals surface area contributed by atoms with Gasteiger partial charge in [0.15, 0.2) is 0 Å². The van der Waals surface area contributed by atoms with Crippen LogP contribution in [0.1, 0.15) is 64.9 Å². The maximum absolute atomic E-state index is 13.1. The van der Waals surface area contributed by atoms with Crippen LogP contribution in [-0.2, 0) is 16.1 Å². The van der Waals surface area contributed by atoms with E-state index in [1.807, 2.05) is 39.0 Å². The first-order chi connectivity index (χ1) is 16.2. The lowest BCUT2D eigenvalue weighted by Crippen LogP contribution is -2.58. The summed E-state index contributed by atoms with van der Waals surface area (Å²) in [4.78, 5) is 35.8. The van der Waals surface area contributed by atoms with Gasteiger partial charge in [-0.2, -0.15) is 0 Å². The van der Waals surface area contributed by atoms with E-state index < -0.39 is 11.3 Å². The van der Waals surface area contributed by atoms with Gasteiger partial charge in [-0.05, 0) is 52.0 Å². The molecular weight excluding hydrogens is 428 g/mol. The molecule has 1 aromatic rings. The number of amides is 2. The zero-order valence-corrected chi connectivity index (χ0v) is 20.8. The Morgan fingerprint density at radius 2 is 1.68 bits per heavy atom. The van der Waals surface area contributed by atoms with Crippen molar-refractivity contribution < 1.29 is 14.3 Å². The summed E-state index contributed by atoms with van der Waals surface area (Å²) in [7, 11) is 0. The Labute approximate surface area is 203 Å². The zero-order valence-electron chi connectivity index (χ0n) is 20.8. The molecular formula is C27H38N4O3. The van der Waals surface area contributed by atoms with Gasteiger partial charge in [0.1, 0.15) is 5.60 Å². The third-order valence-electron chi connectivity index (χ3n) is 7.32. The van der Waals surface area contributed by atoms with Gasteiger partial charge in [-0.15, -0.1) is 0 Å². The molecule has 0 spiro atoms. The number of hydrogen-bond donors (Lipinski definition) is 0. The first-order valence-electron chi connectivity index (χ1n) is 12.7. The molecule has 3 fully saturated rings. The second-order valence-corrected chi connectivity index (χ2v) is 11.0. The van der Waals surface area contributed by atoms with Crippen molar-refractivity contribution >= 4 is 12.0 Å². The molecule has 7 nitrogen and oxygen atoms in total. The van der Waals surface area contributed by atoms with Gasteiger partial charge in [-0.3, -0.25) is 9.64 Å². The van der Waals surface area contributed by atoms with E-state index in [9.17, 15) is 9.59 Å². The molecule has 2 amide bonds. The average Bonchev–Trinajstić information content (AvgIpc) is 3.68. The smallest absolute Gasteiger partial charge is 0.410 e. The number of rotatable bonds is 5. The molecule has 7 heteroatoms. The van der Waals surface area contributed by atoms with Gasteiger partial charge in [0.2, 0.25) is 5.91 Å². The molecule has 0 radical (unpaired) electrons. The van der Waals surface area contributed by atoms with Crippen molar-refractivity contribution in [2.24, 2.45) is 5.92 Å². The van der Waals surface area contributed by atoms with E-state index in [-0.39, 0.29) is 18.1 Å². The number of benzene rings is 1. The fourth-order valence-corrected chi connectivity index (χ4v) is 5.20. The van der Waals surface area contributed by atoms with E-state index in [0.717, 1.165) is 38.8 Å². The minimum absolute atomic E-state index is 0.202. The highest BCUT2D eigenvalue weighted by Gasteiger charge is 2.49. The lowest BCUT2D eigenvalue weighted by atomic mass is 9.91. The van der Waals surface area contributed by atoms with Crippen LogP contribution in [0, 0.1) is 12.5 Å². The highest BCUT2D eigenvalue weighted by atomic mass is 16.6. The molecule has 1 aromatic carbocycles. The Bertz CT molecular complexity index is 900. The summed E-state index contributed by atoms with van der Waals surface area (Å²) in [5.74, 6) is 0.501. The van der Waals surface area contributed by atoms with Crippen LogP contribution in [0.25, 0.3) is 4.85 Å². The first-order valence-corrected chi connectivity index (χ1v) is 12.7. The fraction of sp³-hybridized carbons (Fsp3) is 0.667. The van der Waals surface area contributed by atoms with Crippen LogP contribution in [0.3, 0.4) is 0 Å². The largest absolute Gasteiger partial charge is 0.444 e. The van der Waals surface area contributed by atoms with Crippen LogP contribution < -0.4 is 0 Å². The molecule has 184 valence electrons. The van der Waals surface area contributed by atoms with Gasteiger partial charge < -0.3 is 14.5 Å². The standard InChI is InChI=1S/C27H38N4O3/c1-26(2,3)34-25(33)29-18-14-27(28-4,15-19-29)30-16-12-23(13-17-30)31(24(32)22-10-11-22)20-21-8-6-5-7-9-21/h5-9,22-23H,10-20H2,1-3H3. The van der Waals surface area contributed by atoms with Crippen LogP contribution in [0.15, 0.2) is 30.3 Å². The SMILES string of the molecule is [C-]#[N+]C1(N2CCC(N(Cc3ccccc3)C(=O)C3CC3)CC2)CCN(C(=O)OC(C)(C)C)CC1. The summed E-state index contributed by atoms with van der Waals surface area (Å²) in [5, 5.41) is 0. The highest BCUT2D eigenvalue weighted by molar-refractivity contribution is 5.81. The summed E-state index contributed by atoms with van der Waals surface area (Å²) in [6.45, 7) is 17.0. The van der Waals surface area contributed by atoms with Crippen LogP contribution in [0.5, 0.6) is 0 Å². The van der Waals surface area contributed by atoms with Gasteiger partial charge in [0.05, 0.1) is 12.8 Å². The molecule has 0 unspecified atom stereocenters. The van der Waals surface area contributed by atoms with Gasteiger partial charge in [-0.25, -0.2) is 16.3 Å². The molecule has 0 atom stereocenters. The second kappa shape index (κ2) is 9.95. The van der Waals surface area contributed by atoms with E-state index in [1.165, 1.54) is 5.56 Å².